The molecular formula is C30H44O4P+. The monoisotopic (exact) mass is 499 g/mol. The van der Waals surface area contributed by atoms with Gasteiger partial charge >= 0.3 is 14.1 Å². The molecule has 0 fully saturated rings. The van der Waals surface area contributed by atoms with Gasteiger partial charge in [-0.15, -0.1) is 0 Å². The fraction of sp³-hybridized carbons (Fsp3) is 0.600. The Kier molecular flexibility index (Phi) is 7.03. The van der Waals surface area contributed by atoms with E-state index in [1.807, 2.05) is 0 Å². The summed E-state index contributed by atoms with van der Waals surface area (Å²) >= 11 is 0. The van der Waals surface area contributed by atoms with Crippen molar-refractivity contribution in [2.24, 2.45) is 0 Å². The van der Waals surface area contributed by atoms with Gasteiger partial charge in [0.05, 0.1) is 0 Å². The lowest BCUT2D eigenvalue weighted by atomic mass is 9.76. The van der Waals surface area contributed by atoms with Crippen molar-refractivity contribution >= 4 is 8.03 Å². The fourth-order valence-electron chi connectivity index (χ4n) is 4.42. The maximum atomic E-state index is 12.5. The van der Waals surface area contributed by atoms with Gasteiger partial charge < -0.3 is 9.47 Å². The third-order valence-electron chi connectivity index (χ3n) is 6.68. The zero-order valence-electron chi connectivity index (χ0n) is 23.7. The predicted octanol–water partition coefficient (Wildman–Crippen LogP) is 8.26. The molecule has 1 unspecified atom stereocenters. The molecule has 0 radical (unpaired) electrons. The van der Waals surface area contributed by atoms with Gasteiger partial charge in [-0.2, -0.15) is 4.89 Å². The topological polar surface area (TPSA) is 55.8 Å². The van der Waals surface area contributed by atoms with Gasteiger partial charge in [-0.3, -0.25) is 0 Å². The third-order valence-corrected chi connectivity index (χ3v) is 7.25. The van der Waals surface area contributed by atoms with Gasteiger partial charge in [-0.05, 0) is 48.5 Å². The molecule has 3 rings (SSSR count). The van der Waals surface area contributed by atoms with Crippen molar-refractivity contribution < 1.29 is 18.9 Å². The van der Waals surface area contributed by atoms with Crippen LogP contribution in [0.25, 0.3) is 0 Å². The molecule has 0 saturated carbocycles. The summed E-state index contributed by atoms with van der Waals surface area (Å²) in [7, 11) is -2.75. The highest BCUT2D eigenvalue weighted by Crippen LogP contribution is 2.47. The first-order chi connectivity index (χ1) is 15.7. The van der Waals surface area contributed by atoms with Gasteiger partial charge in [0.1, 0.15) is 11.5 Å². The first-order valence-electron chi connectivity index (χ1n) is 12.5. The largest absolute Gasteiger partial charge is 0.598 e. The van der Waals surface area contributed by atoms with Crippen LogP contribution in [0.1, 0.15) is 116 Å². The average molecular weight is 500 g/mol. The minimum absolute atomic E-state index is 0.0535. The minimum Gasteiger partial charge on any atom is -0.414 e. The summed E-state index contributed by atoms with van der Waals surface area (Å²) in [5.74, 6) is 1.33. The van der Waals surface area contributed by atoms with Crippen LogP contribution in [0.2, 0.25) is 0 Å². The summed E-state index contributed by atoms with van der Waals surface area (Å²) in [5, 5.41) is 0. The standard InChI is InChI=1S/C30H43O4P/c1-27(2,3)20-14-18-13-19-15-21(28(4,5)6)17-23(30(10,11)12)25(19)34-26(35(31)32)33-24(18)22(16-20)29(7,8)9/h14-17,26H,13H2,1-12H3/p+1. The lowest BCUT2D eigenvalue weighted by Crippen LogP contribution is -2.29. The molecule has 0 amide bonds. The highest BCUT2D eigenvalue weighted by atomic mass is 31.1. The van der Waals surface area contributed by atoms with Crippen LogP contribution in [-0.4, -0.2) is 10.9 Å². The van der Waals surface area contributed by atoms with Gasteiger partial charge in [0, 0.05) is 17.5 Å². The zero-order valence-corrected chi connectivity index (χ0v) is 24.6. The van der Waals surface area contributed by atoms with E-state index in [1.54, 1.807) is 0 Å². The van der Waals surface area contributed by atoms with Gasteiger partial charge in [0.25, 0.3) is 0 Å². The van der Waals surface area contributed by atoms with Crippen molar-refractivity contribution in [2.75, 3.05) is 0 Å². The molecule has 192 valence electrons. The number of hydrogen-bond donors (Lipinski definition) is 1. The van der Waals surface area contributed by atoms with Crippen molar-refractivity contribution in [3.8, 4) is 11.5 Å². The van der Waals surface area contributed by atoms with Crippen LogP contribution in [0.4, 0.5) is 0 Å². The van der Waals surface area contributed by atoms with E-state index in [0.717, 1.165) is 22.3 Å². The molecule has 0 spiro atoms. The number of hydrogen-bond acceptors (Lipinski definition) is 3. The van der Waals surface area contributed by atoms with Crippen LogP contribution >= 0.6 is 8.03 Å². The van der Waals surface area contributed by atoms with Crippen LogP contribution < -0.4 is 9.47 Å². The predicted molar refractivity (Wildman–Crippen MR) is 145 cm³/mol. The Morgan fingerprint density at radius 2 is 1.00 bits per heavy atom. The number of rotatable bonds is 1. The van der Waals surface area contributed by atoms with Crippen LogP contribution in [0.3, 0.4) is 0 Å². The summed E-state index contributed by atoms with van der Waals surface area (Å²) in [5.41, 5.74) is 6.00. The van der Waals surface area contributed by atoms with E-state index in [4.69, 9.17) is 9.47 Å². The molecule has 1 heterocycles. The Morgan fingerprint density at radius 3 is 1.26 bits per heavy atom. The Morgan fingerprint density at radius 1 is 0.657 bits per heavy atom. The summed E-state index contributed by atoms with van der Waals surface area (Å²) in [6.07, 6.45) is 0.625. The Hall–Kier alpha value is -1.90. The van der Waals surface area contributed by atoms with Gasteiger partial charge in [-0.25, -0.2) is 0 Å². The van der Waals surface area contributed by atoms with Crippen molar-refractivity contribution in [3.05, 3.63) is 57.6 Å². The molecular weight excluding hydrogens is 455 g/mol. The zero-order chi connectivity index (χ0) is 26.7. The minimum atomic E-state index is -2.75. The van der Waals surface area contributed by atoms with E-state index in [1.165, 1.54) is 11.1 Å². The number of ether oxygens (including phenoxy) is 2. The van der Waals surface area contributed by atoms with E-state index in [-0.39, 0.29) is 21.7 Å². The molecule has 35 heavy (non-hydrogen) atoms. The maximum absolute atomic E-state index is 12.5. The van der Waals surface area contributed by atoms with Gasteiger partial charge in [0.2, 0.25) is 0 Å². The fourth-order valence-corrected chi connectivity index (χ4v) is 4.81. The first kappa shape index (κ1) is 27.7. The van der Waals surface area contributed by atoms with Crippen LogP contribution in [0, 0.1) is 0 Å². The Bertz CT molecular complexity index is 1050. The van der Waals surface area contributed by atoms with E-state index >= 15 is 0 Å². The summed E-state index contributed by atoms with van der Waals surface area (Å²) in [6, 6.07) is 7.51. The SMILES string of the molecule is CC(C)(C)c1cc2c(c(C(C)(C)C)c1)OC([P+](=O)O)Oc1c(cc(C(C)(C)C)cc1C(C)(C)C)C2. The van der Waals surface area contributed by atoms with Crippen LogP contribution in [0.5, 0.6) is 11.5 Å². The molecule has 2 aromatic rings. The van der Waals surface area contributed by atoms with Crippen LogP contribution in [0.15, 0.2) is 24.3 Å². The van der Waals surface area contributed by atoms with Crippen molar-refractivity contribution in [2.45, 2.75) is 117 Å². The smallest absolute Gasteiger partial charge is 0.414 e. The van der Waals surface area contributed by atoms with Gasteiger partial charge in [0.15, 0.2) is 0 Å². The number of fused-ring (bicyclic) bond motifs is 2. The summed E-state index contributed by atoms with van der Waals surface area (Å²) < 4.78 is 25.1. The summed E-state index contributed by atoms with van der Waals surface area (Å²) in [4.78, 5) is 10.3. The second-order valence-electron chi connectivity index (χ2n) is 14.0. The second kappa shape index (κ2) is 8.89. The molecule has 0 aliphatic carbocycles. The highest BCUT2D eigenvalue weighted by molar-refractivity contribution is 7.38. The van der Waals surface area contributed by atoms with E-state index in [0.29, 0.717) is 17.9 Å². The van der Waals surface area contributed by atoms with Crippen molar-refractivity contribution in [1.82, 2.24) is 0 Å². The quantitative estimate of drug-likeness (QED) is 0.401. The Labute approximate surface area is 213 Å². The van der Waals surface area contributed by atoms with Crippen molar-refractivity contribution in [3.63, 3.8) is 0 Å². The molecule has 0 bridgehead atoms. The molecule has 5 heteroatoms. The molecule has 1 atom stereocenters. The lowest BCUT2D eigenvalue weighted by molar-refractivity contribution is 0.0612. The number of benzene rings is 2. The van der Waals surface area contributed by atoms with E-state index < -0.39 is 14.1 Å². The van der Waals surface area contributed by atoms with E-state index in [9.17, 15) is 9.46 Å². The third kappa shape index (κ3) is 5.92. The highest BCUT2D eigenvalue weighted by Gasteiger charge is 2.41. The lowest BCUT2D eigenvalue weighted by Gasteiger charge is -2.33. The normalized spacial score (nSPS) is 15.9. The maximum Gasteiger partial charge on any atom is 0.598 e. The molecule has 0 aromatic heterocycles. The van der Waals surface area contributed by atoms with E-state index in [2.05, 4.69) is 107 Å². The Balaban J connectivity index is 2.43. The molecule has 1 aliphatic heterocycles. The first-order valence-corrected chi connectivity index (χ1v) is 13.8. The van der Waals surface area contributed by atoms with Crippen molar-refractivity contribution in [1.29, 1.82) is 0 Å². The molecule has 4 nitrogen and oxygen atoms in total. The van der Waals surface area contributed by atoms with Crippen LogP contribution in [-0.2, 0) is 32.6 Å². The molecule has 2 aromatic carbocycles. The molecule has 1 N–H and O–H groups in total. The molecule has 1 aliphatic rings. The van der Waals surface area contributed by atoms with Gasteiger partial charge in [-0.1, -0.05) is 107 Å². The molecule has 0 saturated heterocycles. The summed E-state index contributed by atoms with van der Waals surface area (Å²) in [6.45, 7) is 26.2. The average Bonchev–Trinajstić information content (AvgIpc) is 2.63. The second-order valence-corrected chi connectivity index (χ2v) is 15.1.